The van der Waals surface area contributed by atoms with Gasteiger partial charge in [-0.05, 0) is 42.0 Å². The van der Waals surface area contributed by atoms with Crippen LogP contribution in [0.2, 0.25) is 15.1 Å². The molecule has 0 saturated heterocycles. The zero-order valence-corrected chi connectivity index (χ0v) is 18.4. The van der Waals surface area contributed by atoms with Crippen LogP contribution in [-0.2, 0) is 4.79 Å². The fraction of sp³-hybridized carbons (Fsp3) is 0.176. The second-order valence-corrected chi connectivity index (χ2v) is 8.71. The molecule has 0 heterocycles. The Balaban J connectivity index is 0.00000280. The van der Waals surface area contributed by atoms with E-state index in [9.17, 15) is 9.59 Å². The number of nitrogens with one attached hydrogen (secondary N) is 2. The van der Waals surface area contributed by atoms with E-state index in [1.807, 2.05) is 5.43 Å². The number of benzene rings is 2. The van der Waals surface area contributed by atoms with Gasteiger partial charge < -0.3 is 5.32 Å². The summed E-state index contributed by atoms with van der Waals surface area (Å²) in [4.78, 5) is 24.4. The summed E-state index contributed by atoms with van der Waals surface area (Å²) in [5.74, 6) is 2.92. The zero-order valence-electron chi connectivity index (χ0n) is 13.8. The third-order valence-corrected chi connectivity index (χ3v) is 5.90. The number of alkyl halides is 2. The first-order valence-electron chi connectivity index (χ1n) is 7.60. The third-order valence-electron chi connectivity index (χ3n) is 4.19. The molecule has 5 nitrogen and oxygen atoms in total. The number of anilines is 1. The van der Waals surface area contributed by atoms with Crippen LogP contribution in [0.5, 0.6) is 0 Å². The SMILES string of the molecule is Cl.NNC(=O)c1cc(NC(=O)C2C(c3cc(Cl)cc(Cl)c3)C2(Cl)Cl)ccc1Cl. The van der Waals surface area contributed by atoms with E-state index in [4.69, 9.17) is 63.8 Å². The van der Waals surface area contributed by atoms with Gasteiger partial charge in [-0.2, -0.15) is 0 Å². The maximum absolute atomic E-state index is 12.7. The molecule has 1 aliphatic carbocycles. The number of amides is 2. The number of carbonyl (C=O) groups excluding carboxylic acids is 2. The zero-order chi connectivity index (χ0) is 19.9. The molecule has 0 bridgehead atoms. The summed E-state index contributed by atoms with van der Waals surface area (Å²) >= 11 is 30.6. The molecule has 0 spiro atoms. The minimum Gasteiger partial charge on any atom is -0.326 e. The summed E-state index contributed by atoms with van der Waals surface area (Å²) < 4.78 is -1.30. The Bertz CT molecular complexity index is 917. The Morgan fingerprint density at radius 3 is 2.18 bits per heavy atom. The molecular weight excluding hydrogens is 491 g/mol. The van der Waals surface area contributed by atoms with Crippen molar-refractivity contribution in [2.75, 3.05) is 5.32 Å². The Hall–Kier alpha value is -0.920. The molecule has 1 aliphatic rings. The molecule has 11 heteroatoms. The molecule has 4 N–H and O–H groups in total. The van der Waals surface area contributed by atoms with E-state index in [2.05, 4.69) is 5.32 Å². The standard InChI is InChI=1S/C17H12Cl5N3O2.ClH/c18-8-3-7(4-9(19)5-8)13-14(17(13,21)22)16(27)24-10-1-2-12(20)11(6-10)15(26)25-23;/h1-6,13-14H,23H2,(H,24,27)(H,25,26);1H. The molecule has 2 atom stereocenters. The van der Waals surface area contributed by atoms with Gasteiger partial charge in [0, 0.05) is 21.7 Å². The van der Waals surface area contributed by atoms with Crippen LogP contribution in [-0.4, -0.2) is 16.1 Å². The molecule has 1 saturated carbocycles. The smallest absolute Gasteiger partial charge is 0.266 e. The number of rotatable bonds is 4. The molecule has 0 aliphatic heterocycles. The van der Waals surface area contributed by atoms with Gasteiger partial charge in [-0.25, -0.2) is 5.84 Å². The van der Waals surface area contributed by atoms with E-state index in [-0.39, 0.29) is 23.0 Å². The van der Waals surface area contributed by atoms with Crippen molar-refractivity contribution in [2.45, 2.75) is 10.3 Å². The first kappa shape index (κ1) is 23.4. The molecule has 0 radical (unpaired) electrons. The van der Waals surface area contributed by atoms with E-state index >= 15 is 0 Å². The van der Waals surface area contributed by atoms with Gasteiger partial charge in [-0.1, -0.05) is 34.8 Å². The van der Waals surface area contributed by atoms with Gasteiger partial charge >= 0.3 is 0 Å². The van der Waals surface area contributed by atoms with Gasteiger partial charge in [0.2, 0.25) is 5.91 Å². The van der Waals surface area contributed by atoms with Gasteiger partial charge in [0.15, 0.2) is 0 Å². The first-order chi connectivity index (χ1) is 12.6. The highest BCUT2D eigenvalue weighted by atomic mass is 35.5. The molecule has 3 rings (SSSR count). The van der Waals surface area contributed by atoms with Crippen LogP contribution in [0.1, 0.15) is 21.8 Å². The van der Waals surface area contributed by atoms with Crippen molar-refractivity contribution in [3.8, 4) is 0 Å². The third kappa shape index (κ3) is 4.62. The highest BCUT2D eigenvalue weighted by Gasteiger charge is 2.67. The fourth-order valence-electron chi connectivity index (χ4n) is 2.90. The highest BCUT2D eigenvalue weighted by molar-refractivity contribution is 6.53. The van der Waals surface area contributed by atoms with Crippen molar-refractivity contribution in [1.29, 1.82) is 0 Å². The number of carbonyl (C=O) groups is 2. The van der Waals surface area contributed by atoms with Gasteiger partial charge in [0.25, 0.3) is 5.91 Å². The lowest BCUT2D eigenvalue weighted by Gasteiger charge is -2.08. The lowest BCUT2D eigenvalue weighted by molar-refractivity contribution is -0.117. The van der Waals surface area contributed by atoms with Crippen molar-refractivity contribution < 1.29 is 9.59 Å². The number of hydrogen-bond acceptors (Lipinski definition) is 3. The average Bonchev–Trinajstić information content (AvgIpc) is 3.17. The predicted octanol–water partition coefficient (Wildman–Crippen LogP) is 5.20. The van der Waals surface area contributed by atoms with Crippen LogP contribution in [0, 0.1) is 5.92 Å². The molecule has 2 unspecified atom stereocenters. The quantitative estimate of drug-likeness (QED) is 0.232. The number of nitrogen functional groups attached to an aromatic ring is 1. The number of hydrogen-bond donors (Lipinski definition) is 3. The summed E-state index contributed by atoms with van der Waals surface area (Å²) in [5, 5.41) is 3.71. The van der Waals surface area contributed by atoms with Crippen LogP contribution < -0.4 is 16.6 Å². The fourth-order valence-corrected chi connectivity index (χ4v) is 4.47. The molecule has 0 aromatic heterocycles. The van der Waals surface area contributed by atoms with E-state index in [0.29, 0.717) is 21.3 Å². The minimum atomic E-state index is -1.30. The molecular formula is C17H13Cl6N3O2. The molecule has 2 aromatic carbocycles. The summed E-state index contributed by atoms with van der Waals surface area (Å²) in [6.07, 6.45) is 0. The second-order valence-electron chi connectivity index (χ2n) is 5.99. The van der Waals surface area contributed by atoms with Crippen LogP contribution in [0.3, 0.4) is 0 Å². The van der Waals surface area contributed by atoms with E-state index < -0.39 is 28.0 Å². The van der Waals surface area contributed by atoms with Crippen LogP contribution in [0.25, 0.3) is 0 Å². The summed E-state index contributed by atoms with van der Waals surface area (Å²) in [7, 11) is 0. The summed E-state index contributed by atoms with van der Waals surface area (Å²) in [5.41, 5.74) is 3.12. The Labute approximate surface area is 192 Å². The monoisotopic (exact) mass is 501 g/mol. The van der Waals surface area contributed by atoms with Crippen molar-refractivity contribution in [3.63, 3.8) is 0 Å². The van der Waals surface area contributed by atoms with Crippen molar-refractivity contribution >= 4 is 87.9 Å². The maximum atomic E-state index is 12.7. The summed E-state index contributed by atoms with van der Waals surface area (Å²) in [6.45, 7) is 0. The maximum Gasteiger partial charge on any atom is 0.266 e. The summed E-state index contributed by atoms with van der Waals surface area (Å²) in [6, 6.07) is 9.32. The van der Waals surface area contributed by atoms with Crippen LogP contribution in [0.15, 0.2) is 36.4 Å². The van der Waals surface area contributed by atoms with E-state index in [1.165, 1.54) is 12.1 Å². The van der Waals surface area contributed by atoms with Gasteiger partial charge in [-0.15, -0.1) is 35.6 Å². The Morgan fingerprint density at radius 1 is 1.00 bits per heavy atom. The number of nitrogens with two attached hydrogens (primary N) is 1. The normalized spacial score (nSPS) is 19.4. The van der Waals surface area contributed by atoms with Crippen molar-refractivity contribution in [2.24, 2.45) is 11.8 Å². The van der Waals surface area contributed by atoms with Crippen molar-refractivity contribution in [3.05, 3.63) is 62.6 Å². The second kappa shape index (κ2) is 8.84. The van der Waals surface area contributed by atoms with Gasteiger partial charge in [0.05, 0.1) is 16.5 Å². The van der Waals surface area contributed by atoms with Crippen molar-refractivity contribution in [1.82, 2.24) is 5.43 Å². The van der Waals surface area contributed by atoms with Gasteiger partial charge in [-0.3, -0.25) is 15.0 Å². The minimum absolute atomic E-state index is 0. The van der Waals surface area contributed by atoms with E-state index in [0.717, 1.165) is 0 Å². The molecule has 1 fully saturated rings. The number of halogens is 6. The molecule has 150 valence electrons. The first-order valence-corrected chi connectivity index (χ1v) is 9.49. The lowest BCUT2D eigenvalue weighted by Crippen LogP contribution is -2.30. The molecule has 28 heavy (non-hydrogen) atoms. The Morgan fingerprint density at radius 2 is 1.61 bits per heavy atom. The average molecular weight is 504 g/mol. The van der Waals surface area contributed by atoms with Gasteiger partial charge in [0.1, 0.15) is 4.33 Å². The highest BCUT2D eigenvalue weighted by Crippen LogP contribution is 2.65. The Kier molecular flexibility index (Phi) is 7.37. The molecule has 2 aromatic rings. The predicted molar refractivity (Wildman–Crippen MR) is 116 cm³/mol. The van der Waals surface area contributed by atoms with Crippen LogP contribution >= 0.6 is 70.4 Å². The largest absolute Gasteiger partial charge is 0.326 e. The lowest BCUT2D eigenvalue weighted by atomic mass is 10.1. The van der Waals surface area contributed by atoms with E-state index in [1.54, 1.807) is 24.3 Å². The number of hydrazine groups is 1. The topological polar surface area (TPSA) is 84.2 Å². The van der Waals surface area contributed by atoms with Crippen LogP contribution in [0.4, 0.5) is 5.69 Å². The molecule has 2 amide bonds.